The van der Waals surface area contributed by atoms with Crippen molar-refractivity contribution >= 4 is 23.1 Å². The van der Waals surface area contributed by atoms with E-state index in [1.165, 1.54) is 4.88 Å². The molecule has 0 amide bonds. The Bertz CT molecular complexity index is 954. The van der Waals surface area contributed by atoms with Crippen LogP contribution < -0.4 is 0 Å². The maximum atomic E-state index is 12.6. The molecule has 0 saturated carbocycles. The molecule has 0 fully saturated rings. The van der Waals surface area contributed by atoms with Crippen molar-refractivity contribution in [3.05, 3.63) is 80.8 Å². The predicted molar refractivity (Wildman–Crippen MR) is 108 cm³/mol. The summed E-state index contributed by atoms with van der Waals surface area (Å²) in [6.07, 6.45) is 0.934. The van der Waals surface area contributed by atoms with Crippen molar-refractivity contribution in [2.45, 2.75) is 33.7 Å². The molecule has 0 saturated heterocycles. The second kappa shape index (κ2) is 8.35. The van der Waals surface area contributed by atoms with Crippen LogP contribution in [0.3, 0.4) is 0 Å². The van der Waals surface area contributed by atoms with E-state index in [9.17, 15) is 9.59 Å². The van der Waals surface area contributed by atoms with Gasteiger partial charge in [-0.25, -0.2) is 4.79 Å². The molecular formula is C22H23NO3S. The van der Waals surface area contributed by atoms with Crippen molar-refractivity contribution in [2.24, 2.45) is 0 Å². The van der Waals surface area contributed by atoms with Crippen LogP contribution in [0, 0.1) is 20.8 Å². The van der Waals surface area contributed by atoms with Crippen molar-refractivity contribution < 1.29 is 14.3 Å². The minimum atomic E-state index is -0.465. The predicted octanol–water partition coefficient (Wildman–Crippen LogP) is 4.76. The van der Waals surface area contributed by atoms with Crippen LogP contribution in [0.5, 0.6) is 0 Å². The molecule has 27 heavy (non-hydrogen) atoms. The third kappa shape index (κ3) is 4.37. The number of aryl methyl sites for hydroxylation is 3. The molecule has 0 spiro atoms. The Kier molecular flexibility index (Phi) is 5.91. The summed E-state index contributed by atoms with van der Waals surface area (Å²) in [6.45, 7) is 6.37. The molecule has 2 heterocycles. The van der Waals surface area contributed by atoms with E-state index in [2.05, 4.69) is 16.0 Å². The molecule has 0 unspecified atom stereocenters. The first kappa shape index (κ1) is 19.1. The van der Waals surface area contributed by atoms with E-state index < -0.39 is 5.97 Å². The quantitative estimate of drug-likeness (QED) is 0.438. The Balaban J connectivity index is 1.65. The first-order valence-electron chi connectivity index (χ1n) is 8.92. The zero-order chi connectivity index (χ0) is 19.4. The molecule has 0 aliphatic rings. The van der Waals surface area contributed by atoms with Crippen LogP contribution in [0.1, 0.15) is 42.5 Å². The fraction of sp³-hybridized carbons (Fsp3) is 0.273. The van der Waals surface area contributed by atoms with Crippen LogP contribution in [0.25, 0.3) is 0 Å². The maximum Gasteiger partial charge on any atom is 0.338 e. The van der Waals surface area contributed by atoms with E-state index >= 15 is 0 Å². The largest absolute Gasteiger partial charge is 0.454 e. The minimum Gasteiger partial charge on any atom is -0.454 e. The highest BCUT2D eigenvalue weighted by molar-refractivity contribution is 7.09. The van der Waals surface area contributed by atoms with Crippen molar-refractivity contribution in [1.29, 1.82) is 0 Å². The molecular weight excluding hydrogens is 358 g/mol. The molecule has 2 aromatic heterocycles. The molecule has 3 rings (SSSR count). The second-order valence-electron chi connectivity index (χ2n) is 6.58. The Morgan fingerprint density at radius 3 is 2.52 bits per heavy atom. The zero-order valence-electron chi connectivity index (χ0n) is 15.8. The van der Waals surface area contributed by atoms with Gasteiger partial charge in [-0.3, -0.25) is 4.79 Å². The SMILES string of the molecule is Cc1ccccc1C(=O)OCC(=O)c1cc(C)n(CCc2cccs2)c1C. The van der Waals surface area contributed by atoms with Gasteiger partial charge in [0, 0.05) is 28.4 Å². The molecule has 0 N–H and O–H groups in total. The van der Waals surface area contributed by atoms with Gasteiger partial charge in [0.15, 0.2) is 6.61 Å². The van der Waals surface area contributed by atoms with Crippen molar-refractivity contribution in [2.75, 3.05) is 6.61 Å². The average molecular weight is 381 g/mol. The van der Waals surface area contributed by atoms with Gasteiger partial charge in [-0.15, -0.1) is 11.3 Å². The molecule has 4 nitrogen and oxygen atoms in total. The summed E-state index contributed by atoms with van der Waals surface area (Å²) in [5.74, 6) is -0.639. The van der Waals surface area contributed by atoms with Crippen LogP contribution >= 0.6 is 11.3 Å². The Morgan fingerprint density at radius 2 is 1.81 bits per heavy atom. The number of ether oxygens (including phenoxy) is 1. The van der Waals surface area contributed by atoms with Gasteiger partial charge in [0.2, 0.25) is 5.78 Å². The lowest BCUT2D eigenvalue weighted by atomic mass is 10.1. The number of esters is 1. The maximum absolute atomic E-state index is 12.6. The minimum absolute atomic E-state index is 0.174. The van der Waals surface area contributed by atoms with Crippen LogP contribution in [-0.2, 0) is 17.7 Å². The number of aromatic nitrogens is 1. The number of hydrogen-bond donors (Lipinski definition) is 0. The number of rotatable bonds is 7. The summed E-state index contributed by atoms with van der Waals surface area (Å²) in [5, 5.41) is 2.07. The first-order valence-corrected chi connectivity index (χ1v) is 9.80. The summed E-state index contributed by atoms with van der Waals surface area (Å²) in [6, 6.07) is 13.3. The van der Waals surface area contributed by atoms with E-state index in [4.69, 9.17) is 4.74 Å². The number of hydrogen-bond acceptors (Lipinski definition) is 4. The van der Waals surface area contributed by atoms with Crippen LogP contribution in [0.4, 0.5) is 0 Å². The normalized spacial score (nSPS) is 10.8. The summed E-state index contributed by atoms with van der Waals surface area (Å²) in [7, 11) is 0. The highest BCUT2D eigenvalue weighted by Gasteiger charge is 2.18. The van der Waals surface area contributed by atoms with Gasteiger partial charge in [-0.05, 0) is 56.3 Å². The lowest BCUT2D eigenvalue weighted by Crippen LogP contribution is -2.16. The van der Waals surface area contributed by atoms with E-state index in [0.29, 0.717) is 11.1 Å². The van der Waals surface area contributed by atoms with Gasteiger partial charge in [-0.1, -0.05) is 24.3 Å². The fourth-order valence-corrected chi connectivity index (χ4v) is 3.89. The highest BCUT2D eigenvalue weighted by atomic mass is 32.1. The number of carbonyl (C=O) groups is 2. The third-order valence-electron chi connectivity index (χ3n) is 4.74. The Hall–Kier alpha value is -2.66. The van der Waals surface area contributed by atoms with E-state index in [1.54, 1.807) is 23.5 Å². The smallest absolute Gasteiger partial charge is 0.338 e. The molecule has 0 bridgehead atoms. The lowest BCUT2D eigenvalue weighted by molar-refractivity contribution is 0.0473. The number of Topliss-reactive ketones (excluding diaryl/α,β-unsaturated/α-hetero) is 1. The zero-order valence-corrected chi connectivity index (χ0v) is 16.6. The number of ketones is 1. The third-order valence-corrected chi connectivity index (χ3v) is 5.67. The van der Waals surface area contributed by atoms with Crippen LogP contribution in [0.2, 0.25) is 0 Å². The van der Waals surface area contributed by atoms with Crippen LogP contribution in [-0.4, -0.2) is 22.9 Å². The molecule has 140 valence electrons. The van der Waals surface area contributed by atoms with Crippen LogP contribution in [0.15, 0.2) is 47.8 Å². The molecule has 0 atom stereocenters. The average Bonchev–Trinajstić information content (AvgIpc) is 3.26. The van der Waals surface area contributed by atoms with E-state index in [0.717, 1.165) is 29.9 Å². The summed E-state index contributed by atoms with van der Waals surface area (Å²) in [4.78, 5) is 26.1. The van der Waals surface area contributed by atoms with Crippen molar-refractivity contribution in [1.82, 2.24) is 4.57 Å². The molecule has 0 aliphatic heterocycles. The summed E-state index contributed by atoms with van der Waals surface area (Å²) in [5.41, 5.74) is 3.91. The summed E-state index contributed by atoms with van der Waals surface area (Å²) < 4.78 is 7.40. The van der Waals surface area contributed by atoms with Gasteiger partial charge < -0.3 is 9.30 Å². The van der Waals surface area contributed by atoms with Crippen molar-refractivity contribution in [3.8, 4) is 0 Å². The van der Waals surface area contributed by atoms with Crippen molar-refractivity contribution in [3.63, 3.8) is 0 Å². The van der Waals surface area contributed by atoms with Gasteiger partial charge >= 0.3 is 5.97 Å². The fourth-order valence-electron chi connectivity index (χ4n) is 3.19. The second-order valence-corrected chi connectivity index (χ2v) is 7.61. The van der Waals surface area contributed by atoms with E-state index in [1.807, 2.05) is 45.0 Å². The lowest BCUT2D eigenvalue weighted by Gasteiger charge is -2.09. The Morgan fingerprint density at radius 1 is 1.04 bits per heavy atom. The monoisotopic (exact) mass is 381 g/mol. The van der Waals surface area contributed by atoms with Gasteiger partial charge in [0.1, 0.15) is 0 Å². The molecule has 0 radical (unpaired) electrons. The van der Waals surface area contributed by atoms with Gasteiger partial charge in [-0.2, -0.15) is 0 Å². The number of benzene rings is 1. The standard InChI is InChI=1S/C22H23NO3S/c1-15-7-4-5-9-19(15)22(25)26-14-21(24)20-13-16(2)23(17(20)3)11-10-18-8-6-12-27-18/h4-9,12-13H,10-11,14H2,1-3H3. The van der Waals surface area contributed by atoms with Gasteiger partial charge in [0.05, 0.1) is 5.56 Å². The molecule has 0 aliphatic carbocycles. The van der Waals surface area contributed by atoms with Gasteiger partial charge in [0.25, 0.3) is 0 Å². The summed E-state index contributed by atoms with van der Waals surface area (Å²) >= 11 is 1.74. The Labute approximate surface area is 163 Å². The molecule has 1 aromatic carbocycles. The first-order chi connectivity index (χ1) is 13.0. The highest BCUT2D eigenvalue weighted by Crippen LogP contribution is 2.18. The molecule has 5 heteroatoms. The number of nitrogens with zero attached hydrogens (tertiary/aromatic N) is 1. The number of carbonyl (C=O) groups excluding carboxylic acids is 2. The van der Waals surface area contributed by atoms with E-state index in [-0.39, 0.29) is 12.4 Å². The topological polar surface area (TPSA) is 48.3 Å². The molecule has 3 aromatic rings. The number of thiophene rings is 1.